The van der Waals surface area contributed by atoms with Gasteiger partial charge in [0.05, 0.1) is 11.9 Å². The molecule has 1 aromatic heterocycles. The average molecular weight is 342 g/mol. The van der Waals surface area contributed by atoms with E-state index in [-0.39, 0.29) is 23.8 Å². The highest BCUT2D eigenvalue weighted by Crippen LogP contribution is 2.16. The Balaban J connectivity index is 2.90. The number of carbonyl (C=O) groups excluding carboxylic acids is 1. The van der Waals surface area contributed by atoms with Gasteiger partial charge in [0, 0.05) is 24.4 Å². The van der Waals surface area contributed by atoms with Gasteiger partial charge in [0.15, 0.2) is 0 Å². The Hall–Kier alpha value is -2.56. The van der Waals surface area contributed by atoms with Crippen LogP contribution >= 0.6 is 0 Å². The summed E-state index contributed by atoms with van der Waals surface area (Å²) >= 11 is 0. The second-order valence-electron chi connectivity index (χ2n) is 6.33. The first-order valence-corrected chi connectivity index (χ1v) is 8.69. The predicted molar refractivity (Wildman–Crippen MR) is 101 cm³/mol. The summed E-state index contributed by atoms with van der Waals surface area (Å²) in [6.45, 7) is 8.19. The van der Waals surface area contributed by atoms with E-state index in [0.29, 0.717) is 5.35 Å². The molecule has 0 aromatic carbocycles. The molecule has 25 heavy (non-hydrogen) atoms. The minimum Gasteiger partial charge on any atom is -0.508 e. The largest absolute Gasteiger partial charge is 0.508 e. The van der Waals surface area contributed by atoms with Crippen LogP contribution < -0.4 is 21.4 Å². The van der Waals surface area contributed by atoms with Crippen LogP contribution in [0.4, 0.5) is 0 Å². The van der Waals surface area contributed by atoms with Crippen LogP contribution in [-0.2, 0) is 18.3 Å². The molecule has 1 aromatic rings. The Morgan fingerprint density at radius 2 is 1.88 bits per heavy atom. The number of pyridine rings is 1. The number of allylic oxidation sites excluding steroid dienone is 2. The monoisotopic (exact) mass is 342 g/mol. The molecule has 2 rings (SSSR count). The fraction of sp³-hybridized carbons (Fsp3) is 0.400. The second kappa shape index (κ2) is 8.01. The highest BCUT2D eigenvalue weighted by Gasteiger charge is 2.12. The van der Waals surface area contributed by atoms with Crippen LogP contribution in [0.25, 0.3) is 11.8 Å². The lowest BCUT2D eigenvalue weighted by Gasteiger charge is -2.13. The quantitative estimate of drug-likeness (QED) is 0.864. The molecule has 2 N–H and O–H groups in total. The third-order valence-electron chi connectivity index (χ3n) is 4.34. The zero-order chi connectivity index (χ0) is 18.6. The summed E-state index contributed by atoms with van der Waals surface area (Å²) in [5, 5.41) is 14.4. The molecule has 0 radical (unpaired) electrons. The topological polar surface area (TPSA) is 71.3 Å². The van der Waals surface area contributed by atoms with Gasteiger partial charge in [0.2, 0.25) is 5.91 Å². The van der Waals surface area contributed by atoms with Crippen molar-refractivity contribution in [2.75, 3.05) is 6.54 Å². The molecule has 0 bridgehead atoms. The first-order valence-electron chi connectivity index (χ1n) is 8.69. The zero-order valence-electron chi connectivity index (χ0n) is 15.2. The summed E-state index contributed by atoms with van der Waals surface area (Å²) in [6, 6.07) is 1.62. The Kier molecular flexibility index (Phi) is 6.02. The number of nitrogens with one attached hydrogen (secondary N) is 1. The summed E-state index contributed by atoms with van der Waals surface area (Å²) in [5.74, 6) is -0.306. The normalized spacial score (nSPS) is 20.8. The fourth-order valence-electron chi connectivity index (χ4n) is 3.08. The number of aliphatic hydroxyl groups excluding tert-OH is 1. The number of rotatable bonds is 4. The van der Waals surface area contributed by atoms with Crippen molar-refractivity contribution < 1.29 is 9.90 Å². The number of aliphatic hydroxyl groups is 1. The number of carbonyl (C=O) groups is 1. The SMILES string of the molecule is C=C1/C=c2/c(CCC)cc(=O)n(C)/c2=C(\O)CNC(=O)/C=C\1CCC. The Morgan fingerprint density at radius 3 is 2.52 bits per heavy atom. The zero-order valence-corrected chi connectivity index (χ0v) is 15.2. The molecule has 1 aliphatic rings. The third-order valence-corrected chi connectivity index (χ3v) is 4.34. The van der Waals surface area contributed by atoms with Gasteiger partial charge in [0.1, 0.15) is 5.76 Å². The van der Waals surface area contributed by atoms with Crippen molar-refractivity contribution in [3.8, 4) is 0 Å². The molecule has 134 valence electrons. The van der Waals surface area contributed by atoms with Crippen LogP contribution in [0.3, 0.4) is 0 Å². The van der Waals surface area contributed by atoms with Crippen LogP contribution in [0.2, 0.25) is 0 Å². The van der Waals surface area contributed by atoms with Crippen molar-refractivity contribution in [1.82, 2.24) is 9.88 Å². The molecule has 1 aliphatic heterocycles. The molecule has 5 heteroatoms. The number of amides is 1. The molecule has 0 spiro atoms. The van der Waals surface area contributed by atoms with Crippen LogP contribution in [-0.4, -0.2) is 22.1 Å². The maximum Gasteiger partial charge on any atom is 0.251 e. The van der Waals surface area contributed by atoms with Crippen molar-refractivity contribution in [3.05, 3.63) is 56.4 Å². The maximum atomic E-state index is 12.3. The molecular weight excluding hydrogens is 316 g/mol. The number of fused-ring (bicyclic) bond motifs is 1. The lowest BCUT2D eigenvalue weighted by atomic mass is 9.98. The number of nitrogens with zero attached hydrogens (tertiary/aromatic N) is 1. The van der Waals surface area contributed by atoms with E-state index in [2.05, 4.69) is 11.9 Å². The van der Waals surface area contributed by atoms with E-state index in [4.69, 9.17) is 0 Å². The summed E-state index contributed by atoms with van der Waals surface area (Å²) in [5.41, 5.74) is 2.30. The smallest absolute Gasteiger partial charge is 0.251 e. The lowest BCUT2D eigenvalue weighted by molar-refractivity contribution is -0.116. The van der Waals surface area contributed by atoms with Gasteiger partial charge in [-0.2, -0.15) is 0 Å². The van der Waals surface area contributed by atoms with Crippen LogP contribution in [0.15, 0.2) is 34.7 Å². The van der Waals surface area contributed by atoms with Crippen molar-refractivity contribution in [1.29, 1.82) is 0 Å². The number of aromatic nitrogens is 1. The van der Waals surface area contributed by atoms with Crippen LogP contribution in [0.1, 0.15) is 38.7 Å². The van der Waals surface area contributed by atoms with E-state index in [1.807, 2.05) is 19.9 Å². The van der Waals surface area contributed by atoms with E-state index in [0.717, 1.165) is 47.6 Å². The van der Waals surface area contributed by atoms with Gasteiger partial charge in [-0.25, -0.2) is 0 Å². The first-order chi connectivity index (χ1) is 11.9. The average Bonchev–Trinajstić information content (AvgIpc) is 2.56. The van der Waals surface area contributed by atoms with Crippen LogP contribution in [0.5, 0.6) is 0 Å². The Morgan fingerprint density at radius 1 is 1.20 bits per heavy atom. The molecule has 1 amide bonds. The number of hydrogen-bond donors (Lipinski definition) is 2. The minimum atomic E-state index is -0.275. The van der Waals surface area contributed by atoms with E-state index in [9.17, 15) is 14.7 Å². The summed E-state index contributed by atoms with van der Waals surface area (Å²) < 4.78 is 1.42. The number of hydrogen-bond acceptors (Lipinski definition) is 3. The van der Waals surface area contributed by atoms with E-state index < -0.39 is 0 Å². The minimum absolute atomic E-state index is 0.0229. The van der Waals surface area contributed by atoms with Gasteiger partial charge in [0.25, 0.3) is 5.56 Å². The molecular formula is C20H26N2O3. The molecule has 0 fully saturated rings. The van der Waals surface area contributed by atoms with Crippen LogP contribution in [0, 0.1) is 0 Å². The number of aryl methyl sites for hydroxylation is 1. The van der Waals surface area contributed by atoms with Crippen molar-refractivity contribution >= 4 is 17.7 Å². The summed E-state index contributed by atoms with van der Waals surface area (Å²) in [6.07, 6.45) is 6.68. The highest BCUT2D eigenvalue weighted by atomic mass is 16.3. The molecule has 0 unspecified atom stereocenters. The lowest BCUT2D eigenvalue weighted by Crippen LogP contribution is -2.47. The molecule has 0 saturated carbocycles. The highest BCUT2D eigenvalue weighted by molar-refractivity contribution is 5.90. The molecule has 2 heterocycles. The van der Waals surface area contributed by atoms with Crippen molar-refractivity contribution in [3.63, 3.8) is 0 Å². The van der Waals surface area contributed by atoms with E-state index in [1.165, 1.54) is 4.57 Å². The van der Waals surface area contributed by atoms with Gasteiger partial charge >= 0.3 is 0 Å². The predicted octanol–water partition coefficient (Wildman–Crippen LogP) is 1.20. The fourth-order valence-corrected chi connectivity index (χ4v) is 3.08. The van der Waals surface area contributed by atoms with E-state index in [1.54, 1.807) is 19.2 Å². The van der Waals surface area contributed by atoms with Gasteiger partial charge in [-0.3, -0.25) is 9.59 Å². The summed E-state index contributed by atoms with van der Waals surface area (Å²) in [7, 11) is 1.63. The molecule has 0 atom stereocenters. The maximum absolute atomic E-state index is 12.3. The Bertz CT molecular complexity index is 904. The summed E-state index contributed by atoms with van der Waals surface area (Å²) in [4.78, 5) is 24.4. The van der Waals surface area contributed by atoms with Crippen molar-refractivity contribution in [2.24, 2.45) is 7.05 Å². The molecule has 0 aliphatic carbocycles. The first kappa shape index (κ1) is 18.8. The third kappa shape index (κ3) is 4.10. The second-order valence-corrected chi connectivity index (χ2v) is 6.33. The van der Waals surface area contributed by atoms with Gasteiger partial charge in [-0.15, -0.1) is 0 Å². The Labute approximate surface area is 147 Å². The van der Waals surface area contributed by atoms with Gasteiger partial charge in [-0.05, 0) is 35.6 Å². The van der Waals surface area contributed by atoms with Gasteiger partial charge in [-0.1, -0.05) is 33.3 Å². The van der Waals surface area contributed by atoms with Gasteiger partial charge < -0.3 is 15.0 Å². The molecule has 0 saturated heterocycles. The van der Waals surface area contributed by atoms with E-state index >= 15 is 0 Å². The van der Waals surface area contributed by atoms with Crippen molar-refractivity contribution in [2.45, 2.75) is 39.5 Å². The molecule has 5 nitrogen and oxygen atoms in total. The standard InChI is InChI=1S/C20H26N2O3/c1-5-7-14-10-18(24)21-12-17(23)20-16(9-13(14)3)15(8-6-2)11-19(25)22(20)4/h9-11,23H,3,5-8,12H2,1-2,4H3,(H,21,24)/b14-10-,16-9-,20-17-.